The molecule has 1 aromatic heterocycles. The van der Waals surface area contributed by atoms with Gasteiger partial charge >= 0.3 is 0 Å². The van der Waals surface area contributed by atoms with Crippen molar-refractivity contribution < 1.29 is 19.4 Å². The maximum Gasteiger partial charge on any atom is 0.269 e. The molecule has 0 saturated heterocycles. The van der Waals surface area contributed by atoms with Crippen molar-refractivity contribution >= 4 is 5.91 Å². The summed E-state index contributed by atoms with van der Waals surface area (Å²) < 4.78 is 12.7. The zero-order chi connectivity index (χ0) is 17.3. The van der Waals surface area contributed by atoms with Gasteiger partial charge in [-0.15, -0.1) is 0 Å². The molecule has 2 aliphatic rings. The topological polar surface area (TPSA) is 85.6 Å². The van der Waals surface area contributed by atoms with Crippen molar-refractivity contribution in [2.75, 3.05) is 20.3 Å². The van der Waals surface area contributed by atoms with Crippen LogP contribution in [0.15, 0.2) is 0 Å². The molecule has 2 N–H and O–H groups in total. The molecule has 24 heavy (non-hydrogen) atoms. The van der Waals surface area contributed by atoms with E-state index in [1.807, 2.05) is 13.8 Å². The Balaban J connectivity index is 1.79. The zero-order valence-electron chi connectivity index (χ0n) is 14.6. The molecule has 0 spiro atoms. The summed E-state index contributed by atoms with van der Waals surface area (Å²) >= 11 is 0. The van der Waals surface area contributed by atoms with E-state index in [0.717, 1.165) is 24.1 Å². The molecule has 1 saturated carbocycles. The molecule has 1 fully saturated rings. The molecule has 0 aromatic carbocycles. The highest BCUT2D eigenvalue weighted by atomic mass is 16.5. The third-order valence-corrected chi connectivity index (χ3v) is 4.88. The van der Waals surface area contributed by atoms with Crippen molar-refractivity contribution in [2.45, 2.75) is 58.0 Å². The van der Waals surface area contributed by atoms with E-state index in [4.69, 9.17) is 9.47 Å². The molecule has 2 heterocycles. The first-order valence-corrected chi connectivity index (χ1v) is 8.69. The van der Waals surface area contributed by atoms with Crippen molar-refractivity contribution in [1.82, 2.24) is 15.1 Å². The number of nitrogens with one attached hydrogen (secondary N) is 1. The number of aliphatic hydroxyl groups excluding tert-OH is 1. The third-order valence-electron chi connectivity index (χ3n) is 4.88. The van der Waals surface area contributed by atoms with Gasteiger partial charge < -0.3 is 19.9 Å². The van der Waals surface area contributed by atoms with Gasteiger partial charge in [-0.2, -0.15) is 5.10 Å². The molecule has 1 amide bonds. The minimum atomic E-state index is -0.203. The van der Waals surface area contributed by atoms with Crippen LogP contribution in [-0.4, -0.2) is 53.3 Å². The van der Waals surface area contributed by atoms with Crippen LogP contribution in [0.5, 0.6) is 0 Å². The first-order valence-electron chi connectivity index (χ1n) is 8.69. The van der Waals surface area contributed by atoms with Crippen LogP contribution in [-0.2, 0) is 22.4 Å². The normalized spacial score (nSPS) is 29.0. The summed E-state index contributed by atoms with van der Waals surface area (Å²) in [5.41, 5.74) is 2.47. The lowest BCUT2D eigenvalue weighted by atomic mass is 9.82. The summed E-state index contributed by atoms with van der Waals surface area (Å²) in [6.45, 7) is 5.63. The lowest BCUT2D eigenvalue weighted by Crippen LogP contribution is -2.39. The van der Waals surface area contributed by atoms with Crippen LogP contribution in [0.25, 0.3) is 0 Å². The SMILES string of the molecule is COCCn1nc2c(c1C(=O)NCC1CC(O)C1)C[C@H](C)O[C@@H]2C. The predicted molar refractivity (Wildman–Crippen MR) is 87.8 cm³/mol. The molecule has 134 valence electrons. The van der Waals surface area contributed by atoms with Gasteiger partial charge in [0.05, 0.1) is 37.2 Å². The van der Waals surface area contributed by atoms with Crippen molar-refractivity contribution in [3.63, 3.8) is 0 Å². The standard InChI is InChI=1S/C17H27N3O4/c1-10-6-14-15(11(2)24-10)19-20(4-5-23-3)16(14)17(22)18-9-12-7-13(21)8-12/h10-13,21H,4-9H2,1-3H3,(H,18,22)/t10-,11+,12?,13?/m0/s1. The van der Waals surface area contributed by atoms with E-state index < -0.39 is 0 Å². The molecular weight excluding hydrogens is 310 g/mol. The number of rotatable bonds is 6. The molecule has 2 atom stereocenters. The summed E-state index contributed by atoms with van der Waals surface area (Å²) in [4.78, 5) is 12.8. The van der Waals surface area contributed by atoms with Crippen LogP contribution in [0.2, 0.25) is 0 Å². The zero-order valence-corrected chi connectivity index (χ0v) is 14.6. The second kappa shape index (κ2) is 7.21. The van der Waals surface area contributed by atoms with E-state index in [1.165, 1.54) is 0 Å². The smallest absolute Gasteiger partial charge is 0.269 e. The fourth-order valence-electron chi connectivity index (χ4n) is 3.58. The van der Waals surface area contributed by atoms with Crippen LogP contribution in [0.1, 0.15) is 54.5 Å². The van der Waals surface area contributed by atoms with Crippen LogP contribution < -0.4 is 5.32 Å². The van der Waals surface area contributed by atoms with E-state index >= 15 is 0 Å². The number of carbonyl (C=O) groups is 1. The Morgan fingerprint density at radius 2 is 2.21 bits per heavy atom. The number of methoxy groups -OCH3 is 1. The number of ether oxygens (including phenoxy) is 2. The van der Waals surface area contributed by atoms with Crippen LogP contribution >= 0.6 is 0 Å². The molecule has 1 aliphatic carbocycles. The molecule has 7 heteroatoms. The maximum atomic E-state index is 12.8. The average molecular weight is 337 g/mol. The molecule has 1 aliphatic heterocycles. The predicted octanol–water partition coefficient (Wildman–Crippen LogP) is 1.05. The number of nitrogens with zero attached hydrogens (tertiary/aromatic N) is 2. The quantitative estimate of drug-likeness (QED) is 0.810. The van der Waals surface area contributed by atoms with Crippen LogP contribution in [0.3, 0.4) is 0 Å². The van der Waals surface area contributed by atoms with Gasteiger partial charge in [-0.25, -0.2) is 0 Å². The van der Waals surface area contributed by atoms with E-state index in [-0.39, 0.29) is 24.2 Å². The Bertz CT molecular complexity index is 595. The molecule has 0 radical (unpaired) electrons. The van der Waals surface area contributed by atoms with Crippen molar-refractivity contribution in [2.24, 2.45) is 5.92 Å². The van der Waals surface area contributed by atoms with Crippen LogP contribution in [0.4, 0.5) is 0 Å². The fourth-order valence-corrected chi connectivity index (χ4v) is 3.58. The van der Waals surface area contributed by atoms with Gasteiger partial charge in [-0.05, 0) is 32.6 Å². The second-order valence-electron chi connectivity index (χ2n) is 6.92. The summed E-state index contributed by atoms with van der Waals surface area (Å²) in [5, 5.41) is 17.0. The second-order valence-corrected chi connectivity index (χ2v) is 6.92. The highest BCUT2D eigenvalue weighted by molar-refractivity contribution is 5.94. The number of carbonyl (C=O) groups excluding carboxylic acids is 1. The molecule has 1 aromatic rings. The van der Waals surface area contributed by atoms with Gasteiger partial charge in [0.1, 0.15) is 5.69 Å². The third kappa shape index (κ3) is 3.48. The number of amides is 1. The maximum absolute atomic E-state index is 12.8. The van der Waals surface area contributed by atoms with Crippen molar-refractivity contribution in [1.29, 1.82) is 0 Å². The monoisotopic (exact) mass is 337 g/mol. The lowest BCUT2D eigenvalue weighted by molar-refractivity contribution is -0.00718. The Labute approximate surface area is 142 Å². The first-order chi connectivity index (χ1) is 11.5. The van der Waals surface area contributed by atoms with Gasteiger partial charge in [0.2, 0.25) is 0 Å². The molecule has 3 rings (SSSR count). The van der Waals surface area contributed by atoms with Gasteiger partial charge in [0, 0.05) is 25.6 Å². The summed E-state index contributed by atoms with van der Waals surface area (Å²) in [7, 11) is 1.64. The Kier molecular flexibility index (Phi) is 5.22. The largest absolute Gasteiger partial charge is 0.393 e. The van der Waals surface area contributed by atoms with Crippen LogP contribution in [0, 0.1) is 5.92 Å². The molecule has 7 nitrogen and oxygen atoms in total. The Morgan fingerprint density at radius 3 is 2.88 bits per heavy atom. The summed E-state index contributed by atoms with van der Waals surface area (Å²) in [6, 6.07) is 0. The first kappa shape index (κ1) is 17.4. The lowest BCUT2D eigenvalue weighted by Gasteiger charge is -2.31. The van der Waals surface area contributed by atoms with E-state index in [0.29, 0.717) is 37.7 Å². The highest BCUT2D eigenvalue weighted by Crippen LogP contribution is 2.32. The van der Waals surface area contributed by atoms with Gasteiger partial charge in [-0.1, -0.05) is 0 Å². The highest BCUT2D eigenvalue weighted by Gasteiger charge is 2.33. The minimum Gasteiger partial charge on any atom is -0.393 e. The van der Waals surface area contributed by atoms with Crippen molar-refractivity contribution in [3.8, 4) is 0 Å². The summed E-state index contributed by atoms with van der Waals surface area (Å²) in [6.07, 6.45) is 1.98. The average Bonchev–Trinajstić information content (AvgIpc) is 2.86. The molecule has 0 unspecified atom stereocenters. The number of fused-ring (bicyclic) bond motifs is 1. The van der Waals surface area contributed by atoms with E-state index in [1.54, 1.807) is 11.8 Å². The Morgan fingerprint density at radius 1 is 1.46 bits per heavy atom. The fraction of sp³-hybridized carbons (Fsp3) is 0.765. The number of hydrogen-bond acceptors (Lipinski definition) is 5. The molecule has 0 bridgehead atoms. The van der Waals surface area contributed by atoms with Gasteiger partial charge in [-0.3, -0.25) is 9.48 Å². The van der Waals surface area contributed by atoms with E-state index in [9.17, 15) is 9.90 Å². The number of aromatic nitrogens is 2. The van der Waals surface area contributed by atoms with Gasteiger partial charge in [0.25, 0.3) is 5.91 Å². The van der Waals surface area contributed by atoms with Crippen molar-refractivity contribution in [3.05, 3.63) is 17.0 Å². The number of aliphatic hydroxyl groups is 1. The molecular formula is C17H27N3O4. The van der Waals surface area contributed by atoms with Gasteiger partial charge in [0.15, 0.2) is 0 Å². The number of hydrogen-bond donors (Lipinski definition) is 2. The minimum absolute atomic E-state index is 0.0703. The Hall–Kier alpha value is -1.44. The van der Waals surface area contributed by atoms with E-state index in [2.05, 4.69) is 10.4 Å². The summed E-state index contributed by atoms with van der Waals surface area (Å²) in [5.74, 6) is 0.277.